The Morgan fingerprint density at radius 2 is 1.96 bits per heavy atom. The predicted molar refractivity (Wildman–Crippen MR) is 97.2 cm³/mol. The number of hydrogen-bond donors (Lipinski definition) is 1. The molecular weight excluding hydrogens is 336 g/mol. The number of carbonyl (C=O) groups is 1. The molecule has 1 heterocycles. The highest BCUT2D eigenvalue weighted by Gasteiger charge is 2.37. The molecular formula is C18H22N4O2S. The first kappa shape index (κ1) is 16.4. The first-order valence-corrected chi connectivity index (χ1v) is 9.60. The fraction of sp³-hybridized carbons (Fsp3) is 0.500. The third-order valence-electron chi connectivity index (χ3n) is 4.55. The van der Waals surface area contributed by atoms with Crippen LogP contribution in [0.15, 0.2) is 29.4 Å². The SMILES string of the molecule is COc1ccc(NC(=O)[C@H](C)Sc2nnc(C3CC3)n2C2CC2)cc1. The molecule has 25 heavy (non-hydrogen) atoms. The van der Waals surface area contributed by atoms with Crippen LogP contribution in [0.5, 0.6) is 5.75 Å². The first-order chi connectivity index (χ1) is 12.2. The zero-order valence-electron chi connectivity index (χ0n) is 14.4. The van der Waals surface area contributed by atoms with Gasteiger partial charge >= 0.3 is 0 Å². The lowest BCUT2D eigenvalue weighted by molar-refractivity contribution is -0.115. The van der Waals surface area contributed by atoms with Gasteiger partial charge in [0.2, 0.25) is 5.91 Å². The Hall–Kier alpha value is -2.02. The molecule has 2 aliphatic rings. The van der Waals surface area contributed by atoms with E-state index in [0.29, 0.717) is 12.0 Å². The molecule has 1 aromatic carbocycles. The monoisotopic (exact) mass is 358 g/mol. The summed E-state index contributed by atoms with van der Waals surface area (Å²) >= 11 is 1.49. The maximum atomic E-state index is 12.5. The van der Waals surface area contributed by atoms with E-state index in [0.717, 1.165) is 22.4 Å². The van der Waals surface area contributed by atoms with E-state index >= 15 is 0 Å². The van der Waals surface area contributed by atoms with Gasteiger partial charge in [-0.15, -0.1) is 10.2 Å². The van der Waals surface area contributed by atoms with E-state index in [9.17, 15) is 4.79 Å². The third kappa shape index (κ3) is 3.66. The topological polar surface area (TPSA) is 69.0 Å². The molecule has 6 nitrogen and oxygen atoms in total. The molecule has 0 aliphatic heterocycles. The van der Waals surface area contributed by atoms with Gasteiger partial charge in [-0.05, 0) is 56.9 Å². The summed E-state index contributed by atoms with van der Waals surface area (Å²) in [4.78, 5) is 12.5. The van der Waals surface area contributed by atoms with Crippen LogP contribution in [0.4, 0.5) is 5.69 Å². The van der Waals surface area contributed by atoms with E-state index in [4.69, 9.17) is 4.74 Å². The Labute approximate surface area is 151 Å². The maximum absolute atomic E-state index is 12.5. The molecule has 1 aromatic heterocycles. The van der Waals surface area contributed by atoms with Gasteiger partial charge in [0.25, 0.3) is 0 Å². The van der Waals surface area contributed by atoms with Crippen LogP contribution in [0.1, 0.15) is 50.4 Å². The van der Waals surface area contributed by atoms with E-state index in [-0.39, 0.29) is 11.2 Å². The summed E-state index contributed by atoms with van der Waals surface area (Å²) in [6.07, 6.45) is 4.81. The number of nitrogens with zero attached hydrogens (tertiary/aromatic N) is 3. The van der Waals surface area contributed by atoms with Crippen molar-refractivity contribution in [2.24, 2.45) is 0 Å². The molecule has 4 rings (SSSR count). The number of amides is 1. The average molecular weight is 358 g/mol. The first-order valence-electron chi connectivity index (χ1n) is 8.72. The molecule has 7 heteroatoms. The van der Waals surface area contributed by atoms with Crippen molar-refractivity contribution in [3.05, 3.63) is 30.1 Å². The summed E-state index contributed by atoms with van der Waals surface area (Å²) in [6, 6.07) is 7.88. The van der Waals surface area contributed by atoms with E-state index in [1.807, 2.05) is 31.2 Å². The second-order valence-corrected chi connectivity index (χ2v) is 8.00. The number of nitrogens with one attached hydrogen (secondary N) is 1. The molecule has 2 fully saturated rings. The Morgan fingerprint density at radius 1 is 1.24 bits per heavy atom. The number of rotatable bonds is 7. The molecule has 0 radical (unpaired) electrons. The summed E-state index contributed by atoms with van der Waals surface area (Å²) in [7, 11) is 1.62. The van der Waals surface area contributed by atoms with Crippen LogP contribution in [0, 0.1) is 0 Å². The van der Waals surface area contributed by atoms with Crippen molar-refractivity contribution < 1.29 is 9.53 Å². The van der Waals surface area contributed by atoms with Crippen LogP contribution in [0.3, 0.4) is 0 Å². The molecule has 1 amide bonds. The number of benzene rings is 1. The van der Waals surface area contributed by atoms with Crippen LogP contribution in [-0.4, -0.2) is 33.0 Å². The average Bonchev–Trinajstić information content (AvgIpc) is 3.54. The Morgan fingerprint density at radius 3 is 2.56 bits per heavy atom. The van der Waals surface area contributed by atoms with Crippen molar-refractivity contribution in [3.63, 3.8) is 0 Å². The van der Waals surface area contributed by atoms with E-state index in [1.165, 1.54) is 37.4 Å². The van der Waals surface area contributed by atoms with Crippen LogP contribution in [0.25, 0.3) is 0 Å². The van der Waals surface area contributed by atoms with E-state index in [2.05, 4.69) is 20.1 Å². The fourth-order valence-electron chi connectivity index (χ4n) is 2.79. The molecule has 2 aliphatic carbocycles. The Balaban J connectivity index is 1.42. The Kier molecular flexibility index (Phi) is 4.41. The molecule has 0 bridgehead atoms. The van der Waals surface area contributed by atoms with E-state index in [1.54, 1.807) is 7.11 Å². The van der Waals surface area contributed by atoms with Crippen LogP contribution in [0.2, 0.25) is 0 Å². The highest BCUT2D eigenvalue weighted by Crippen LogP contribution is 2.46. The number of carbonyl (C=O) groups excluding carboxylic acids is 1. The second-order valence-electron chi connectivity index (χ2n) is 6.69. The van der Waals surface area contributed by atoms with Crippen molar-refractivity contribution in [1.29, 1.82) is 0 Å². The minimum Gasteiger partial charge on any atom is -0.497 e. The highest BCUT2D eigenvalue weighted by atomic mass is 32.2. The maximum Gasteiger partial charge on any atom is 0.237 e. The third-order valence-corrected chi connectivity index (χ3v) is 5.61. The number of methoxy groups -OCH3 is 1. The predicted octanol–water partition coefficient (Wildman–Crippen LogP) is 3.62. The number of ether oxygens (including phenoxy) is 1. The van der Waals surface area contributed by atoms with Gasteiger partial charge in [-0.1, -0.05) is 11.8 Å². The van der Waals surface area contributed by atoms with Crippen molar-refractivity contribution in [2.45, 2.75) is 55.0 Å². The smallest absolute Gasteiger partial charge is 0.237 e. The normalized spacial score (nSPS) is 18.0. The summed E-state index contributed by atoms with van der Waals surface area (Å²) < 4.78 is 7.41. The van der Waals surface area contributed by atoms with Gasteiger partial charge in [-0.2, -0.15) is 0 Å². The summed E-state index contributed by atoms with van der Waals surface area (Å²) in [5.41, 5.74) is 0.764. The zero-order chi connectivity index (χ0) is 17.4. The molecule has 0 unspecified atom stereocenters. The van der Waals surface area contributed by atoms with Crippen molar-refractivity contribution >= 4 is 23.4 Å². The minimum absolute atomic E-state index is 0.0338. The zero-order valence-corrected chi connectivity index (χ0v) is 15.3. The van der Waals surface area contributed by atoms with E-state index < -0.39 is 0 Å². The number of hydrogen-bond acceptors (Lipinski definition) is 5. The van der Waals surface area contributed by atoms with Crippen LogP contribution >= 0.6 is 11.8 Å². The van der Waals surface area contributed by atoms with Gasteiger partial charge in [0.15, 0.2) is 5.16 Å². The van der Waals surface area contributed by atoms with Gasteiger partial charge in [0.05, 0.1) is 12.4 Å². The molecule has 0 spiro atoms. The van der Waals surface area contributed by atoms with Crippen LogP contribution in [-0.2, 0) is 4.79 Å². The molecule has 1 atom stereocenters. The second kappa shape index (κ2) is 6.71. The van der Waals surface area contributed by atoms with Gasteiger partial charge in [-0.25, -0.2) is 0 Å². The lowest BCUT2D eigenvalue weighted by Crippen LogP contribution is -2.23. The van der Waals surface area contributed by atoms with Crippen molar-refractivity contribution in [1.82, 2.24) is 14.8 Å². The highest BCUT2D eigenvalue weighted by molar-refractivity contribution is 8.00. The molecule has 1 N–H and O–H groups in total. The number of thioether (sulfide) groups is 1. The molecule has 132 valence electrons. The van der Waals surface area contributed by atoms with Gasteiger partial charge in [0.1, 0.15) is 11.6 Å². The van der Waals surface area contributed by atoms with Gasteiger partial charge < -0.3 is 14.6 Å². The van der Waals surface area contributed by atoms with Crippen molar-refractivity contribution in [3.8, 4) is 5.75 Å². The molecule has 2 aromatic rings. The number of aromatic nitrogens is 3. The lowest BCUT2D eigenvalue weighted by Gasteiger charge is -2.13. The van der Waals surface area contributed by atoms with Gasteiger partial charge in [-0.3, -0.25) is 4.79 Å². The fourth-order valence-corrected chi connectivity index (χ4v) is 3.72. The summed E-state index contributed by atoms with van der Waals surface area (Å²) in [6.45, 7) is 1.91. The minimum atomic E-state index is -0.240. The summed E-state index contributed by atoms with van der Waals surface area (Å²) in [5.74, 6) is 2.43. The van der Waals surface area contributed by atoms with Crippen molar-refractivity contribution in [2.75, 3.05) is 12.4 Å². The van der Waals surface area contributed by atoms with Gasteiger partial charge in [0, 0.05) is 17.6 Å². The standard InChI is InChI=1S/C18H22N4O2S/c1-11(17(23)19-13-5-9-15(24-2)10-6-13)25-18-21-20-16(12-3-4-12)22(18)14-7-8-14/h5-6,9-12,14H,3-4,7-8H2,1-2H3,(H,19,23)/t11-/m0/s1. The summed E-state index contributed by atoms with van der Waals surface area (Å²) in [5, 5.41) is 12.4. The lowest BCUT2D eigenvalue weighted by atomic mass is 10.3. The molecule has 0 saturated heterocycles. The number of anilines is 1. The largest absolute Gasteiger partial charge is 0.497 e. The molecule has 2 saturated carbocycles. The van der Waals surface area contributed by atoms with Crippen LogP contribution < -0.4 is 10.1 Å². The quantitative estimate of drug-likeness (QED) is 0.766. The Bertz CT molecular complexity index is 766.